The van der Waals surface area contributed by atoms with Gasteiger partial charge in [0.25, 0.3) is 0 Å². The van der Waals surface area contributed by atoms with Crippen LogP contribution in [0.3, 0.4) is 0 Å². The average Bonchev–Trinajstić information content (AvgIpc) is 3.73. The lowest BCUT2D eigenvalue weighted by molar-refractivity contribution is -0.145. The van der Waals surface area contributed by atoms with Crippen LogP contribution in [0.4, 0.5) is 9.59 Å². The number of amides is 2. The third kappa shape index (κ3) is 8.65. The van der Waals surface area contributed by atoms with E-state index in [4.69, 9.17) is 23.7 Å². The number of likely N-dealkylation sites (tertiary alicyclic amines) is 2. The van der Waals surface area contributed by atoms with Gasteiger partial charge >= 0.3 is 24.1 Å². The average molecular weight is 845 g/mol. The van der Waals surface area contributed by atoms with E-state index in [9.17, 15) is 24.3 Å². The fourth-order valence-corrected chi connectivity index (χ4v) is 8.41. The number of carboxylic acids is 1. The first kappa shape index (κ1) is 43.9. The Kier molecular flexibility index (Phi) is 11.8. The fraction of sp³-hybridized carbons (Fsp3) is 0.467. The normalized spacial score (nSPS) is 22.8. The van der Waals surface area contributed by atoms with Crippen molar-refractivity contribution in [3.63, 3.8) is 0 Å². The van der Waals surface area contributed by atoms with Gasteiger partial charge in [-0.2, -0.15) is 0 Å². The summed E-state index contributed by atoms with van der Waals surface area (Å²) in [5.74, 6) is -0.152. The number of para-hydroxylation sites is 2. The van der Waals surface area contributed by atoms with Gasteiger partial charge in [-0.25, -0.2) is 29.1 Å². The van der Waals surface area contributed by atoms with Crippen molar-refractivity contribution >= 4 is 64.4 Å². The molecule has 320 valence electrons. The number of carbonyl (C=O) groups excluding carboxylic acids is 3. The number of ether oxygens (including phenoxy) is 5. The van der Waals surface area contributed by atoms with Crippen molar-refractivity contribution in [3.05, 3.63) is 77.1 Å². The zero-order valence-corrected chi connectivity index (χ0v) is 36.3. The van der Waals surface area contributed by atoms with Gasteiger partial charge < -0.3 is 28.8 Å². The summed E-state index contributed by atoms with van der Waals surface area (Å²) < 4.78 is 28.8. The van der Waals surface area contributed by atoms with Gasteiger partial charge in [0.1, 0.15) is 46.0 Å². The molecule has 2 spiro atoms. The lowest BCUT2D eigenvalue weighted by Gasteiger charge is -2.36. The molecule has 0 bridgehead atoms. The smallest absolute Gasteiger partial charge is 0.411 e. The summed E-state index contributed by atoms with van der Waals surface area (Å²) in [7, 11) is 1.31. The van der Waals surface area contributed by atoms with Crippen molar-refractivity contribution in [1.82, 2.24) is 19.8 Å². The summed E-state index contributed by atoms with van der Waals surface area (Å²) in [6.07, 6.45) is 4.64. The van der Waals surface area contributed by atoms with Gasteiger partial charge in [-0.05, 0) is 86.4 Å². The summed E-state index contributed by atoms with van der Waals surface area (Å²) in [5, 5.41) is 11.8. The predicted octanol–water partition coefficient (Wildman–Crippen LogP) is 7.99. The number of pyridine rings is 2. The Labute approximate surface area is 355 Å². The molecule has 8 rings (SSSR count). The van der Waals surface area contributed by atoms with Gasteiger partial charge in [-0.1, -0.05) is 42.5 Å². The largest absolute Gasteiger partial charge is 0.483 e. The van der Waals surface area contributed by atoms with Crippen LogP contribution in [0.15, 0.2) is 54.6 Å². The molecule has 15 heteroatoms. The van der Waals surface area contributed by atoms with E-state index >= 15 is 0 Å². The number of fused-ring (bicyclic) bond motifs is 6. The van der Waals surface area contributed by atoms with E-state index in [0.29, 0.717) is 17.9 Å². The summed E-state index contributed by atoms with van der Waals surface area (Å²) in [6.45, 7) is 14.8. The molecule has 14 nitrogen and oxygen atoms in total. The molecule has 4 aliphatic heterocycles. The Morgan fingerprint density at radius 3 is 1.90 bits per heavy atom. The summed E-state index contributed by atoms with van der Waals surface area (Å²) >= 11 is 0. The highest BCUT2D eigenvalue weighted by Crippen LogP contribution is 2.45. The molecule has 4 aliphatic rings. The van der Waals surface area contributed by atoms with E-state index in [2.05, 4.69) is 9.97 Å². The Bertz CT molecular complexity index is 2390. The number of esters is 1. The molecule has 2 aromatic carbocycles. The van der Waals surface area contributed by atoms with Gasteiger partial charge in [-0.3, -0.25) is 9.80 Å². The molecule has 0 saturated carbocycles. The number of carbonyl (C=O) groups is 4. The number of hydrogen-bond donors (Lipinski definition) is 1. The quantitative estimate of drug-likeness (QED) is 0.153. The Hall–Kier alpha value is -5.63. The Morgan fingerprint density at radius 2 is 1.32 bits per heavy atom. The lowest BCUT2D eigenvalue weighted by atomic mass is 9.87. The Morgan fingerprint density at radius 1 is 0.767 bits per heavy atom. The van der Waals surface area contributed by atoms with Crippen LogP contribution in [-0.4, -0.2) is 104 Å². The highest BCUT2D eigenvalue weighted by molar-refractivity contribution is 5.92. The Balaban J connectivity index is 0.000000198. The van der Waals surface area contributed by atoms with Gasteiger partial charge in [-0.15, -0.1) is 12.4 Å². The number of halogens is 1. The van der Waals surface area contributed by atoms with Crippen LogP contribution in [0.2, 0.25) is 0 Å². The van der Waals surface area contributed by atoms with E-state index in [1.807, 2.05) is 74.5 Å². The number of aliphatic carboxylic acids is 1. The molecule has 6 heterocycles. The van der Waals surface area contributed by atoms with Crippen molar-refractivity contribution in [3.8, 4) is 11.5 Å². The number of aromatic nitrogens is 2. The van der Waals surface area contributed by atoms with Crippen LogP contribution < -0.4 is 9.47 Å². The lowest BCUT2D eigenvalue weighted by Crippen LogP contribution is -2.46. The van der Waals surface area contributed by atoms with Gasteiger partial charge in [0.2, 0.25) is 0 Å². The van der Waals surface area contributed by atoms with Crippen LogP contribution in [0.25, 0.3) is 27.9 Å². The summed E-state index contributed by atoms with van der Waals surface area (Å²) in [6, 6.07) is 14.1. The van der Waals surface area contributed by atoms with E-state index in [0.717, 1.165) is 50.7 Å². The minimum absolute atomic E-state index is 0. The first-order valence-corrected chi connectivity index (χ1v) is 19.9. The van der Waals surface area contributed by atoms with Crippen LogP contribution >= 0.6 is 12.4 Å². The molecule has 4 aromatic rings. The topological polar surface area (TPSA) is 167 Å². The fourth-order valence-electron chi connectivity index (χ4n) is 8.41. The molecule has 0 aliphatic carbocycles. The number of carboxylic acid groups (broad SMARTS) is 1. The van der Waals surface area contributed by atoms with Crippen molar-refractivity contribution in [1.29, 1.82) is 0 Å². The zero-order valence-electron chi connectivity index (χ0n) is 35.5. The van der Waals surface area contributed by atoms with Crippen molar-refractivity contribution < 1.29 is 48.0 Å². The predicted molar refractivity (Wildman–Crippen MR) is 227 cm³/mol. The number of hydrogen-bond acceptors (Lipinski definition) is 11. The molecule has 4 atom stereocenters. The molecule has 2 saturated heterocycles. The molecule has 1 N–H and O–H groups in total. The van der Waals surface area contributed by atoms with Gasteiger partial charge in [0.15, 0.2) is 0 Å². The van der Waals surface area contributed by atoms with E-state index in [1.54, 1.807) is 41.5 Å². The minimum Gasteiger partial charge on any atom is -0.483 e. The molecular weight excluding hydrogens is 792 g/mol. The first-order valence-electron chi connectivity index (χ1n) is 19.9. The standard InChI is InChI=1S/C23H26N2O5.C22H26N2O5.ClH/c1-14-19-16(15-8-6-7-9-17(15)24-14)10-11-23(29-19)12-18(20(26)28-5)25(13-23)21(27)30-22(2,3)4;1-13-18-15(14-7-5-6-8-16(14)23-13)9-10-22(28-18)11-17(19(25)26)24(12-22)20(27)29-21(2,3)4;/h6-11,18H,12-13H2,1-5H3;5-8,17H,9-12H2,1-4H3,(H,25,26);1H/t18-,23?;17-,22?;/m00./s1. The van der Waals surface area contributed by atoms with Crippen LogP contribution in [0.1, 0.15) is 83.3 Å². The molecular formula is C45H53ClN4O10. The summed E-state index contributed by atoms with van der Waals surface area (Å²) in [4.78, 5) is 61.8. The van der Waals surface area contributed by atoms with Gasteiger partial charge in [0, 0.05) is 34.7 Å². The van der Waals surface area contributed by atoms with E-state index < -0.39 is 58.6 Å². The minimum atomic E-state index is -1.05. The summed E-state index contributed by atoms with van der Waals surface area (Å²) in [5.41, 5.74) is 2.44. The van der Waals surface area contributed by atoms with Crippen molar-refractivity contribution in [2.24, 2.45) is 0 Å². The first-order chi connectivity index (χ1) is 27.7. The molecule has 60 heavy (non-hydrogen) atoms. The number of aryl methyl sites for hydroxylation is 3. The van der Waals surface area contributed by atoms with Gasteiger partial charge in [0.05, 0.1) is 42.6 Å². The zero-order chi connectivity index (χ0) is 42.7. The second kappa shape index (κ2) is 16.1. The maximum atomic E-state index is 12.8. The monoisotopic (exact) mass is 844 g/mol. The highest BCUT2D eigenvalue weighted by atomic mass is 35.5. The third-order valence-electron chi connectivity index (χ3n) is 11.0. The molecule has 2 aromatic heterocycles. The highest BCUT2D eigenvalue weighted by Gasteiger charge is 2.54. The maximum Gasteiger partial charge on any atom is 0.411 e. The molecule has 0 radical (unpaired) electrons. The van der Waals surface area contributed by atoms with Crippen molar-refractivity contribution in [2.45, 2.75) is 116 Å². The third-order valence-corrected chi connectivity index (χ3v) is 11.0. The molecule has 2 amide bonds. The van der Waals surface area contributed by atoms with Crippen LogP contribution in [0, 0.1) is 13.8 Å². The van der Waals surface area contributed by atoms with Crippen LogP contribution in [0.5, 0.6) is 11.5 Å². The second-order valence-corrected chi connectivity index (χ2v) is 17.8. The number of methoxy groups -OCH3 is 1. The van der Waals surface area contributed by atoms with E-state index in [-0.39, 0.29) is 38.3 Å². The number of nitrogens with zero attached hydrogens (tertiary/aromatic N) is 4. The molecule has 2 fully saturated rings. The van der Waals surface area contributed by atoms with E-state index in [1.165, 1.54) is 16.9 Å². The second-order valence-electron chi connectivity index (χ2n) is 17.8. The molecule has 2 unspecified atom stereocenters. The van der Waals surface area contributed by atoms with Crippen molar-refractivity contribution in [2.75, 3.05) is 20.2 Å². The van der Waals surface area contributed by atoms with Crippen LogP contribution in [-0.2, 0) is 30.2 Å². The number of rotatable bonds is 2. The maximum absolute atomic E-state index is 12.8. The SMILES string of the molecule is COC(=O)[C@@H]1CC2(C=Cc3c(c(C)nc4ccccc34)O2)CN1C(=O)OC(C)(C)C.Cc1nc2ccccc2c2c1OC1(CC2)C[C@@H](C(=O)O)N(C(=O)OC(C)(C)C)C1.Cl. The number of benzene rings is 2.